The molecule has 232 valence electrons. The summed E-state index contributed by atoms with van der Waals surface area (Å²) >= 11 is 1.50. The molecular formula is C33H45N5O4S. The van der Waals surface area contributed by atoms with Gasteiger partial charge < -0.3 is 20.6 Å². The lowest BCUT2D eigenvalue weighted by molar-refractivity contribution is -0.143. The van der Waals surface area contributed by atoms with E-state index in [0.29, 0.717) is 24.0 Å². The van der Waals surface area contributed by atoms with E-state index in [1.54, 1.807) is 4.90 Å². The number of nitrogens with one attached hydrogen (secondary N) is 2. The number of aliphatic hydroxyl groups is 1. The first kappa shape index (κ1) is 30.2. The van der Waals surface area contributed by atoms with Crippen molar-refractivity contribution in [2.24, 2.45) is 34.8 Å². The van der Waals surface area contributed by atoms with Gasteiger partial charge in [0.05, 0.1) is 11.7 Å². The van der Waals surface area contributed by atoms with Crippen LogP contribution >= 0.6 is 11.3 Å². The van der Waals surface area contributed by atoms with E-state index in [4.69, 9.17) is 10.7 Å². The molecule has 2 amide bonds. The van der Waals surface area contributed by atoms with E-state index in [0.717, 1.165) is 56.2 Å². The normalized spacial score (nSPS) is 27.0. The summed E-state index contributed by atoms with van der Waals surface area (Å²) in [5, 5.41) is 19.1. The molecule has 3 aliphatic carbocycles. The Hall–Kier alpha value is -2.82. The number of ketones is 1. The molecule has 3 saturated carbocycles. The number of benzene rings is 1. The van der Waals surface area contributed by atoms with E-state index >= 15 is 0 Å². The number of nitrogens with two attached hydrogens (primary N) is 1. The summed E-state index contributed by atoms with van der Waals surface area (Å²) in [6.07, 6.45) is 7.18. The SMILES string of the molecule is CC1(C)C2CN(C(=O)C(Nc3nc(-c4ccccc4)cs3)C3CCCCC3)[C@H](C(=O)NC(CC3CCC3)C(=O)C(N)O)C21. The van der Waals surface area contributed by atoms with Crippen molar-refractivity contribution in [1.29, 1.82) is 0 Å². The zero-order valence-electron chi connectivity index (χ0n) is 25.2. The van der Waals surface area contributed by atoms with Crippen LogP contribution in [0.5, 0.6) is 0 Å². The summed E-state index contributed by atoms with van der Waals surface area (Å²) in [7, 11) is 0. The molecule has 9 nitrogen and oxygen atoms in total. The number of nitrogens with zero attached hydrogens (tertiary/aromatic N) is 2. The van der Waals surface area contributed by atoms with Crippen LogP contribution in [0, 0.1) is 29.1 Å². The lowest BCUT2D eigenvalue weighted by Crippen LogP contribution is -2.58. The molecular weight excluding hydrogens is 562 g/mol. The summed E-state index contributed by atoms with van der Waals surface area (Å²) in [6.45, 7) is 4.83. The predicted molar refractivity (Wildman–Crippen MR) is 167 cm³/mol. The number of thiazole rings is 1. The minimum atomic E-state index is -1.64. The lowest BCUT2D eigenvalue weighted by atomic mass is 9.80. The minimum Gasteiger partial charge on any atom is -0.371 e. The molecule has 4 aliphatic rings. The third kappa shape index (κ3) is 6.11. The van der Waals surface area contributed by atoms with Gasteiger partial charge in [-0.25, -0.2) is 4.98 Å². The third-order valence-corrected chi connectivity index (χ3v) is 11.5. The molecule has 5 unspecified atom stereocenters. The van der Waals surface area contributed by atoms with E-state index < -0.39 is 30.1 Å². The van der Waals surface area contributed by atoms with Crippen LogP contribution in [0.25, 0.3) is 11.3 Å². The first-order valence-corrected chi connectivity index (χ1v) is 16.9. The van der Waals surface area contributed by atoms with Crippen LogP contribution in [0.3, 0.4) is 0 Å². The van der Waals surface area contributed by atoms with Gasteiger partial charge in [0.2, 0.25) is 11.8 Å². The van der Waals surface area contributed by atoms with Crippen LogP contribution in [0.2, 0.25) is 0 Å². The number of anilines is 1. The minimum absolute atomic E-state index is 0.0234. The number of carbonyl (C=O) groups excluding carboxylic acids is 3. The van der Waals surface area contributed by atoms with Gasteiger partial charge in [0.25, 0.3) is 0 Å². The topological polar surface area (TPSA) is 138 Å². The van der Waals surface area contributed by atoms with Gasteiger partial charge >= 0.3 is 0 Å². The van der Waals surface area contributed by atoms with Crippen molar-refractivity contribution in [2.75, 3.05) is 11.9 Å². The zero-order valence-corrected chi connectivity index (χ0v) is 26.0. The summed E-state index contributed by atoms with van der Waals surface area (Å²) in [5.41, 5.74) is 7.40. The number of likely N-dealkylation sites (tertiary alicyclic amines) is 1. The van der Waals surface area contributed by atoms with Gasteiger partial charge in [-0.3, -0.25) is 20.1 Å². The fraction of sp³-hybridized carbons (Fsp3) is 0.636. The molecule has 6 rings (SSSR count). The number of amides is 2. The van der Waals surface area contributed by atoms with E-state index in [2.05, 4.69) is 24.5 Å². The number of hydrogen-bond donors (Lipinski definition) is 4. The Morgan fingerprint density at radius 3 is 2.47 bits per heavy atom. The van der Waals surface area contributed by atoms with Crippen LogP contribution in [-0.2, 0) is 14.4 Å². The molecule has 1 aromatic heterocycles. The summed E-state index contributed by atoms with van der Waals surface area (Å²) < 4.78 is 0. The highest BCUT2D eigenvalue weighted by Gasteiger charge is 2.69. The number of hydrogen-bond acceptors (Lipinski definition) is 8. The molecule has 1 saturated heterocycles. The highest BCUT2D eigenvalue weighted by Crippen LogP contribution is 2.65. The molecule has 1 aliphatic heterocycles. The van der Waals surface area contributed by atoms with Crippen LogP contribution < -0.4 is 16.4 Å². The number of carbonyl (C=O) groups is 3. The molecule has 0 radical (unpaired) electrons. The third-order valence-electron chi connectivity index (χ3n) is 10.7. The Labute approximate surface area is 258 Å². The summed E-state index contributed by atoms with van der Waals surface area (Å²) in [6, 6.07) is 8.00. The van der Waals surface area contributed by atoms with Crippen LogP contribution in [0.1, 0.15) is 71.6 Å². The summed E-state index contributed by atoms with van der Waals surface area (Å²) in [5.74, 6) is -0.208. The molecule has 43 heavy (non-hydrogen) atoms. The zero-order chi connectivity index (χ0) is 30.3. The number of aliphatic hydroxyl groups excluding tert-OH is 1. The molecule has 6 atom stereocenters. The fourth-order valence-corrected chi connectivity index (χ4v) is 8.58. The average Bonchev–Trinajstić information content (AvgIpc) is 3.37. The van der Waals surface area contributed by atoms with Crippen LogP contribution in [-0.4, -0.2) is 63.5 Å². The molecule has 1 aromatic carbocycles. The lowest BCUT2D eigenvalue weighted by Gasteiger charge is -2.37. The van der Waals surface area contributed by atoms with E-state index in [1.165, 1.54) is 17.8 Å². The van der Waals surface area contributed by atoms with E-state index in [-0.39, 0.29) is 35.0 Å². The second kappa shape index (κ2) is 12.3. The molecule has 2 aromatic rings. The molecule has 0 spiro atoms. The predicted octanol–water partition coefficient (Wildman–Crippen LogP) is 4.18. The van der Waals surface area contributed by atoms with Gasteiger partial charge in [0.15, 0.2) is 17.1 Å². The van der Waals surface area contributed by atoms with Crippen molar-refractivity contribution in [3.63, 3.8) is 0 Å². The van der Waals surface area contributed by atoms with Crippen molar-refractivity contribution in [3.05, 3.63) is 35.7 Å². The fourth-order valence-electron chi connectivity index (χ4n) is 7.83. The van der Waals surface area contributed by atoms with Gasteiger partial charge in [-0.1, -0.05) is 82.7 Å². The monoisotopic (exact) mass is 607 g/mol. The maximum absolute atomic E-state index is 14.5. The molecule has 4 fully saturated rings. The second-order valence-corrected chi connectivity index (χ2v) is 14.6. The number of rotatable bonds is 11. The molecule has 0 bridgehead atoms. The van der Waals surface area contributed by atoms with Crippen molar-refractivity contribution >= 4 is 34.1 Å². The number of fused-ring (bicyclic) bond motifs is 1. The maximum Gasteiger partial charge on any atom is 0.246 e. The Bertz CT molecular complexity index is 1320. The highest BCUT2D eigenvalue weighted by atomic mass is 32.1. The van der Waals surface area contributed by atoms with Gasteiger partial charge in [-0.15, -0.1) is 11.3 Å². The van der Waals surface area contributed by atoms with Gasteiger partial charge in [0, 0.05) is 17.5 Å². The van der Waals surface area contributed by atoms with Crippen molar-refractivity contribution in [2.45, 2.75) is 96.0 Å². The Morgan fingerprint density at radius 2 is 1.81 bits per heavy atom. The first-order valence-electron chi connectivity index (χ1n) is 16.0. The summed E-state index contributed by atoms with van der Waals surface area (Å²) in [4.78, 5) is 48.0. The molecule has 2 heterocycles. The van der Waals surface area contributed by atoms with E-state index in [1.807, 2.05) is 35.7 Å². The van der Waals surface area contributed by atoms with Crippen molar-refractivity contribution in [3.8, 4) is 11.3 Å². The maximum atomic E-state index is 14.5. The Balaban J connectivity index is 1.24. The standard InChI is InChI=1S/C33H45N5O4S/c1-33(2)22-17-38(27(25(22)33)30(41)35-23(28(39)29(34)40)16-19-10-9-11-19)31(42)26(21-14-7-4-8-15-21)37-32-36-24(18-43-32)20-12-5-3-6-13-20/h3,5-6,12-13,18-19,21-23,25-27,29,40H,4,7-11,14-17,34H2,1-2H3,(H,35,41)(H,36,37)/t22?,23?,25?,26?,27-,29?/m0/s1. The van der Waals surface area contributed by atoms with Crippen molar-refractivity contribution in [1.82, 2.24) is 15.2 Å². The van der Waals surface area contributed by atoms with Crippen LogP contribution in [0.4, 0.5) is 5.13 Å². The Kier molecular flexibility index (Phi) is 8.63. The number of Topliss-reactive ketones (excluding diaryl/α,β-unsaturated/α-hetero) is 1. The largest absolute Gasteiger partial charge is 0.371 e. The van der Waals surface area contributed by atoms with Gasteiger partial charge in [0.1, 0.15) is 12.1 Å². The van der Waals surface area contributed by atoms with Crippen LogP contribution in [0.15, 0.2) is 35.7 Å². The smallest absolute Gasteiger partial charge is 0.246 e. The highest BCUT2D eigenvalue weighted by molar-refractivity contribution is 7.14. The average molecular weight is 608 g/mol. The number of piperidine rings is 1. The quantitative estimate of drug-likeness (QED) is 0.281. The second-order valence-electron chi connectivity index (χ2n) is 13.8. The Morgan fingerprint density at radius 1 is 1.09 bits per heavy atom. The van der Waals surface area contributed by atoms with Gasteiger partial charge in [-0.05, 0) is 48.3 Å². The molecule has 10 heteroatoms. The van der Waals surface area contributed by atoms with Crippen molar-refractivity contribution < 1.29 is 19.5 Å². The first-order chi connectivity index (χ1) is 20.6. The van der Waals surface area contributed by atoms with Gasteiger partial charge in [-0.2, -0.15) is 0 Å². The number of aromatic nitrogens is 1. The molecule has 5 N–H and O–H groups in total. The van der Waals surface area contributed by atoms with E-state index in [9.17, 15) is 19.5 Å².